The van der Waals surface area contributed by atoms with E-state index in [-0.39, 0.29) is 5.02 Å². The molecule has 0 spiro atoms. The third-order valence-corrected chi connectivity index (χ3v) is 3.19. The summed E-state index contributed by atoms with van der Waals surface area (Å²) in [4.78, 5) is 0. The van der Waals surface area contributed by atoms with Gasteiger partial charge in [-0.15, -0.1) is 0 Å². The van der Waals surface area contributed by atoms with Crippen molar-refractivity contribution in [3.8, 4) is 0 Å². The van der Waals surface area contributed by atoms with Crippen molar-refractivity contribution in [1.82, 2.24) is 0 Å². The maximum Gasteiger partial charge on any atom is 0.460 e. The topological polar surface area (TPSA) is 0 Å². The molecule has 0 aliphatic rings. The van der Waals surface area contributed by atoms with Crippen LogP contribution in [0.25, 0.3) is 0 Å². The Kier molecular flexibility index (Phi) is 4.12. The molecule has 1 aromatic carbocycles. The van der Waals surface area contributed by atoms with Crippen LogP contribution in [0.15, 0.2) is 18.2 Å². The number of rotatable bonds is 2. The van der Waals surface area contributed by atoms with Crippen molar-refractivity contribution in [2.45, 2.75) is 18.0 Å². The standard InChI is InChI=1S/C9H3ClF7I/c10-4-1-2-6(18)5(3-4)7(11,12)8(13,14)9(15,16)17/h1-3H. The highest BCUT2D eigenvalue weighted by molar-refractivity contribution is 14.1. The van der Waals surface area contributed by atoms with E-state index in [1.54, 1.807) is 0 Å². The predicted octanol–water partition coefficient (Wildman–Crippen LogP) is 5.23. The maximum absolute atomic E-state index is 13.3. The van der Waals surface area contributed by atoms with Crippen molar-refractivity contribution in [3.63, 3.8) is 0 Å². The second-order valence-corrected chi connectivity index (χ2v) is 4.87. The molecule has 0 aromatic heterocycles. The molecule has 9 heteroatoms. The third kappa shape index (κ3) is 2.54. The minimum absolute atomic E-state index is 0.358. The molecule has 0 fully saturated rings. The Labute approximate surface area is 115 Å². The first kappa shape index (κ1) is 15.8. The van der Waals surface area contributed by atoms with Gasteiger partial charge in [0.05, 0.1) is 0 Å². The number of benzene rings is 1. The van der Waals surface area contributed by atoms with E-state index < -0.39 is 27.2 Å². The summed E-state index contributed by atoms with van der Waals surface area (Å²) in [5.41, 5.74) is -1.46. The maximum atomic E-state index is 13.3. The van der Waals surface area contributed by atoms with Crippen LogP contribution < -0.4 is 0 Å². The summed E-state index contributed by atoms with van der Waals surface area (Å²) in [6.07, 6.45) is -6.36. The van der Waals surface area contributed by atoms with Crippen molar-refractivity contribution in [2.24, 2.45) is 0 Å². The minimum atomic E-state index is -6.36. The van der Waals surface area contributed by atoms with Gasteiger partial charge in [0.1, 0.15) is 0 Å². The Balaban J connectivity index is 3.42. The zero-order chi connectivity index (χ0) is 14.4. The molecule has 0 unspecified atom stereocenters. The Morgan fingerprint density at radius 1 is 0.944 bits per heavy atom. The van der Waals surface area contributed by atoms with Gasteiger partial charge < -0.3 is 0 Å². The normalized spacial score (nSPS) is 13.8. The van der Waals surface area contributed by atoms with E-state index in [0.29, 0.717) is 6.07 Å². The fraction of sp³-hybridized carbons (Fsp3) is 0.333. The number of hydrogen-bond donors (Lipinski definition) is 0. The van der Waals surface area contributed by atoms with Crippen molar-refractivity contribution >= 4 is 34.2 Å². The zero-order valence-electron chi connectivity index (χ0n) is 8.13. The highest BCUT2D eigenvalue weighted by atomic mass is 127. The van der Waals surface area contributed by atoms with Crippen molar-refractivity contribution in [1.29, 1.82) is 0 Å². The summed E-state index contributed by atoms with van der Waals surface area (Å²) in [5, 5.41) is -0.358. The summed E-state index contributed by atoms with van der Waals surface area (Å²) in [6.45, 7) is 0. The fourth-order valence-corrected chi connectivity index (χ4v) is 1.93. The monoisotopic (exact) mass is 406 g/mol. The van der Waals surface area contributed by atoms with E-state index in [4.69, 9.17) is 11.6 Å². The van der Waals surface area contributed by atoms with Gasteiger partial charge in [-0.2, -0.15) is 30.7 Å². The van der Waals surface area contributed by atoms with E-state index in [0.717, 1.165) is 12.1 Å². The zero-order valence-corrected chi connectivity index (χ0v) is 11.0. The highest BCUT2D eigenvalue weighted by Crippen LogP contribution is 2.52. The van der Waals surface area contributed by atoms with Gasteiger partial charge in [-0.1, -0.05) is 11.6 Å². The minimum Gasteiger partial charge on any atom is -0.194 e. The van der Waals surface area contributed by atoms with Crippen LogP contribution in [-0.2, 0) is 5.92 Å². The van der Waals surface area contributed by atoms with Gasteiger partial charge in [0.15, 0.2) is 0 Å². The first-order valence-corrected chi connectivity index (χ1v) is 5.65. The molecule has 0 amide bonds. The molecule has 0 bridgehead atoms. The van der Waals surface area contributed by atoms with Gasteiger partial charge in [-0.05, 0) is 40.8 Å². The molecule has 102 valence electrons. The molecule has 0 atom stereocenters. The van der Waals surface area contributed by atoms with Crippen molar-refractivity contribution in [3.05, 3.63) is 32.4 Å². The predicted molar refractivity (Wildman–Crippen MR) is 59.1 cm³/mol. The van der Waals surface area contributed by atoms with Crippen LogP contribution in [0.5, 0.6) is 0 Å². The molecule has 0 saturated carbocycles. The molecule has 0 aliphatic heterocycles. The Morgan fingerprint density at radius 2 is 1.44 bits per heavy atom. The van der Waals surface area contributed by atoms with Crippen LogP contribution in [0.2, 0.25) is 5.02 Å². The van der Waals surface area contributed by atoms with Gasteiger partial charge in [0, 0.05) is 14.2 Å². The Hall–Kier alpha value is -0.250. The first-order valence-electron chi connectivity index (χ1n) is 4.19. The van der Waals surface area contributed by atoms with Crippen molar-refractivity contribution < 1.29 is 30.7 Å². The van der Waals surface area contributed by atoms with Crippen LogP contribution >= 0.6 is 34.2 Å². The summed E-state index contributed by atoms with van der Waals surface area (Å²) in [7, 11) is 0. The Bertz CT molecular complexity index is 455. The van der Waals surface area contributed by atoms with Crippen LogP contribution in [0.3, 0.4) is 0 Å². The average Bonchev–Trinajstić information content (AvgIpc) is 2.19. The summed E-state index contributed by atoms with van der Waals surface area (Å²) >= 11 is 6.56. The van der Waals surface area contributed by atoms with Crippen molar-refractivity contribution in [2.75, 3.05) is 0 Å². The molecule has 0 saturated heterocycles. The molecule has 0 nitrogen and oxygen atoms in total. The smallest absolute Gasteiger partial charge is 0.194 e. The lowest BCUT2D eigenvalue weighted by Crippen LogP contribution is -2.50. The van der Waals surface area contributed by atoms with E-state index in [1.807, 2.05) is 0 Å². The molecule has 0 aliphatic carbocycles. The average molecular weight is 406 g/mol. The Morgan fingerprint density at radius 3 is 1.89 bits per heavy atom. The van der Waals surface area contributed by atoms with Gasteiger partial charge in [0.25, 0.3) is 0 Å². The van der Waals surface area contributed by atoms with Gasteiger partial charge in [-0.3, -0.25) is 0 Å². The van der Waals surface area contributed by atoms with Crippen LogP contribution in [0.4, 0.5) is 30.7 Å². The van der Waals surface area contributed by atoms with Gasteiger partial charge in [0.2, 0.25) is 0 Å². The molecule has 18 heavy (non-hydrogen) atoms. The third-order valence-electron chi connectivity index (χ3n) is 2.02. The van der Waals surface area contributed by atoms with E-state index in [1.165, 1.54) is 22.6 Å². The summed E-state index contributed by atoms with van der Waals surface area (Å²) in [6, 6.07) is 2.43. The fourth-order valence-electron chi connectivity index (χ4n) is 1.09. The lowest BCUT2D eigenvalue weighted by atomic mass is 10.0. The molecule has 0 radical (unpaired) electrons. The second-order valence-electron chi connectivity index (χ2n) is 3.27. The lowest BCUT2D eigenvalue weighted by Gasteiger charge is -2.29. The van der Waals surface area contributed by atoms with E-state index in [2.05, 4.69) is 0 Å². The highest BCUT2D eigenvalue weighted by Gasteiger charge is 2.73. The van der Waals surface area contributed by atoms with Crippen LogP contribution in [-0.4, -0.2) is 12.1 Å². The van der Waals surface area contributed by atoms with E-state index in [9.17, 15) is 30.7 Å². The first-order chi connectivity index (χ1) is 7.91. The molecular formula is C9H3ClF7I. The number of halogens is 9. The lowest BCUT2D eigenvalue weighted by molar-refractivity contribution is -0.359. The molecule has 1 aromatic rings. The molecule has 0 N–H and O–H groups in total. The van der Waals surface area contributed by atoms with Gasteiger partial charge in [-0.25, -0.2) is 0 Å². The summed E-state index contributed by atoms with van der Waals surface area (Å²) < 4.78 is 87.7. The second kappa shape index (κ2) is 4.69. The largest absolute Gasteiger partial charge is 0.460 e. The number of alkyl halides is 7. The SMILES string of the molecule is FC(F)(F)C(F)(F)C(F)(F)c1cc(Cl)ccc1I. The summed E-state index contributed by atoms with van der Waals surface area (Å²) in [5.74, 6) is -11.6. The molecule has 0 heterocycles. The number of hydrogen-bond acceptors (Lipinski definition) is 0. The van der Waals surface area contributed by atoms with Crippen LogP contribution in [0.1, 0.15) is 5.56 Å². The van der Waals surface area contributed by atoms with Crippen LogP contribution in [0, 0.1) is 3.57 Å². The molecular weight excluding hydrogens is 403 g/mol. The quantitative estimate of drug-likeness (QED) is 0.466. The van der Waals surface area contributed by atoms with E-state index >= 15 is 0 Å². The molecule has 1 rings (SSSR count). The van der Waals surface area contributed by atoms with Gasteiger partial charge >= 0.3 is 18.0 Å².